The van der Waals surface area contributed by atoms with E-state index in [2.05, 4.69) is 15.2 Å². The fourth-order valence-electron chi connectivity index (χ4n) is 3.15. The third-order valence-electron chi connectivity index (χ3n) is 4.39. The average Bonchev–Trinajstić information content (AvgIpc) is 2.63. The summed E-state index contributed by atoms with van der Waals surface area (Å²) >= 11 is 0. The molecule has 1 unspecified atom stereocenters. The summed E-state index contributed by atoms with van der Waals surface area (Å²) in [6, 6.07) is 8.63. The van der Waals surface area contributed by atoms with Crippen molar-refractivity contribution in [3.63, 3.8) is 0 Å². The van der Waals surface area contributed by atoms with E-state index in [1.54, 1.807) is 30.6 Å². The van der Waals surface area contributed by atoms with Gasteiger partial charge in [-0.2, -0.15) is 0 Å². The molecular formula is C19H22FN3O2. The van der Waals surface area contributed by atoms with Crippen LogP contribution < -0.4 is 10.1 Å². The van der Waals surface area contributed by atoms with Crippen molar-refractivity contribution in [2.45, 2.75) is 25.4 Å². The Morgan fingerprint density at radius 2 is 2.32 bits per heavy atom. The molecule has 1 aliphatic rings. The molecule has 2 heterocycles. The molecule has 1 fully saturated rings. The first kappa shape index (κ1) is 17.4. The number of likely N-dealkylation sites (tertiary alicyclic amines) is 1. The lowest BCUT2D eigenvalue weighted by atomic mass is 10.0. The molecule has 3 rings (SSSR count). The zero-order valence-corrected chi connectivity index (χ0v) is 14.2. The van der Waals surface area contributed by atoms with Gasteiger partial charge in [-0.25, -0.2) is 4.39 Å². The van der Waals surface area contributed by atoms with Gasteiger partial charge in [0.25, 0.3) is 5.91 Å². The largest absolute Gasteiger partial charge is 0.494 e. The van der Waals surface area contributed by atoms with Gasteiger partial charge >= 0.3 is 0 Å². The van der Waals surface area contributed by atoms with Gasteiger partial charge in [-0.15, -0.1) is 0 Å². The molecular weight excluding hydrogens is 321 g/mol. The number of rotatable bonds is 5. The lowest BCUT2D eigenvalue weighted by molar-refractivity contribution is 0.0900. The van der Waals surface area contributed by atoms with E-state index in [9.17, 15) is 9.18 Å². The number of pyridine rings is 1. The van der Waals surface area contributed by atoms with Crippen LogP contribution in [0.2, 0.25) is 0 Å². The molecule has 0 spiro atoms. The number of hydrogen-bond acceptors (Lipinski definition) is 4. The standard InChI is InChI=1S/C19H22FN3O2/c1-25-18-7-6-14(10-17(18)20)12-23-9-3-5-16(13-23)22-19(24)15-4-2-8-21-11-15/h2,4,6-8,10-11,16H,3,5,9,12-13H2,1H3,(H,22,24). The lowest BCUT2D eigenvalue weighted by Crippen LogP contribution is -2.47. The van der Waals surface area contributed by atoms with Crippen LogP contribution in [0.4, 0.5) is 4.39 Å². The number of piperidine rings is 1. The van der Waals surface area contributed by atoms with Gasteiger partial charge in [-0.05, 0) is 49.2 Å². The van der Waals surface area contributed by atoms with E-state index in [1.807, 2.05) is 6.07 Å². The molecule has 2 aromatic rings. The quantitative estimate of drug-likeness (QED) is 0.907. The number of methoxy groups -OCH3 is 1. The van der Waals surface area contributed by atoms with Crippen LogP contribution in [-0.2, 0) is 6.54 Å². The van der Waals surface area contributed by atoms with E-state index in [0.717, 1.165) is 31.5 Å². The second kappa shape index (κ2) is 8.07. The number of carbonyl (C=O) groups excluding carboxylic acids is 1. The van der Waals surface area contributed by atoms with Crippen molar-refractivity contribution in [1.82, 2.24) is 15.2 Å². The van der Waals surface area contributed by atoms with E-state index in [4.69, 9.17) is 4.74 Å². The van der Waals surface area contributed by atoms with E-state index < -0.39 is 0 Å². The van der Waals surface area contributed by atoms with Crippen LogP contribution in [0.25, 0.3) is 0 Å². The number of ether oxygens (including phenoxy) is 1. The van der Waals surface area contributed by atoms with Crippen LogP contribution in [0.5, 0.6) is 5.75 Å². The Morgan fingerprint density at radius 3 is 3.04 bits per heavy atom. The van der Waals surface area contributed by atoms with E-state index in [0.29, 0.717) is 12.1 Å². The zero-order chi connectivity index (χ0) is 17.6. The summed E-state index contributed by atoms with van der Waals surface area (Å²) in [5.41, 5.74) is 1.47. The molecule has 1 amide bonds. The van der Waals surface area contributed by atoms with Gasteiger partial charge in [-0.3, -0.25) is 14.7 Å². The van der Waals surface area contributed by atoms with Crippen LogP contribution in [0.1, 0.15) is 28.8 Å². The molecule has 1 aromatic heterocycles. The molecule has 1 aromatic carbocycles. The van der Waals surface area contributed by atoms with Crippen molar-refractivity contribution >= 4 is 5.91 Å². The predicted molar refractivity (Wildman–Crippen MR) is 93.0 cm³/mol. The molecule has 0 aliphatic carbocycles. The highest BCUT2D eigenvalue weighted by Crippen LogP contribution is 2.20. The van der Waals surface area contributed by atoms with Gasteiger partial charge in [0.2, 0.25) is 0 Å². The third kappa shape index (κ3) is 4.54. The number of nitrogens with one attached hydrogen (secondary N) is 1. The van der Waals surface area contributed by atoms with Gasteiger partial charge in [0.05, 0.1) is 12.7 Å². The number of carbonyl (C=O) groups is 1. The minimum Gasteiger partial charge on any atom is -0.494 e. The van der Waals surface area contributed by atoms with E-state index in [-0.39, 0.29) is 23.5 Å². The number of halogens is 1. The first-order valence-electron chi connectivity index (χ1n) is 8.41. The molecule has 1 atom stereocenters. The highest BCUT2D eigenvalue weighted by molar-refractivity contribution is 5.94. The first-order chi connectivity index (χ1) is 12.2. The second-order valence-corrected chi connectivity index (χ2v) is 6.26. The molecule has 1 N–H and O–H groups in total. The van der Waals surface area contributed by atoms with Gasteiger partial charge in [0.15, 0.2) is 11.6 Å². The predicted octanol–water partition coefficient (Wildman–Crippen LogP) is 2.62. The topological polar surface area (TPSA) is 54.5 Å². The Bertz CT molecular complexity index is 724. The average molecular weight is 343 g/mol. The number of nitrogens with zero attached hydrogens (tertiary/aromatic N) is 2. The molecule has 0 radical (unpaired) electrons. The SMILES string of the molecule is COc1ccc(CN2CCCC(NC(=O)c3cccnc3)C2)cc1F. The summed E-state index contributed by atoms with van der Waals surface area (Å²) in [5.74, 6) is -0.196. The van der Waals surface area contributed by atoms with Crippen molar-refractivity contribution in [2.75, 3.05) is 20.2 Å². The third-order valence-corrected chi connectivity index (χ3v) is 4.39. The Labute approximate surface area is 146 Å². The minimum absolute atomic E-state index is 0.0875. The molecule has 0 bridgehead atoms. The normalized spacial score (nSPS) is 17.9. The molecule has 1 aliphatic heterocycles. The fraction of sp³-hybridized carbons (Fsp3) is 0.368. The first-order valence-corrected chi connectivity index (χ1v) is 8.41. The summed E-state index contributed by atoms with van der Waals surface area (Å²) in [7, 11) is 1.46. The van der Waals surface area contributed by atoms with Crippen molar-refractivity contribution in [2.24, 2.45) is 0 Å². The molecule has 5 nitrogen and oxygen atoms in total. The monoisotopic (exact) mass is 343 g/mol. The maximum atomic E-state index is 13.8. The van der Waals surface area contributed by atoms with Crippen molar-refractivity contribution in [3.8, 4) is 5.75 Å². The van der Waals surface area contributed by atoms with Gasteiger partial charge in [0.1, 0.15) is 0 Å². The molecule has 132 valence electrons. The molecule has 6 heteroatoms. The highest BCUT2D eigenvalue weighted by atomic mass is 19.1. The van der Waals surface area contributed by atoms with Gasteiger partial charge in [0, 0.05) is 31.5 Å². The number of amides is 1. The van der Waals surface area contributed by atoms with Crippen LogP contribution in [-0.4, -0.2) is 42.0 Å². The maximum Gasteiger partial charge on any atom is 0.253 e. The number of aromatic nitrogens is 1. The van der Waals surface area contributed by atoms with E-state index in [1.165, 1.54) is 13.2 Å². The minimum atomic E-state index is -0.349. The summed E-state index contributed by atoms with van der Waals surface area (Å²) in [5, 5.41) is 3.07. The Kier molecular flexibility index (Phi) is 5.60. The molecule has 1 saturated heterocycles. The molecule has 0 saturated carbocycles. The van der Waals surface area contributed by atoms with Crippen LogP contribution >= 0.6 is 0 Å². The molecule has 25 heavy (non-hydrogen) atoms. The van der Waals surface area contributed by atoms with Crippen LogP contribution in [0, 0.1) is 5.82 Å². The number of hydrogen-bond donors (Lipinski definition) is 1. The number of benzene rings is 1. The van der Waals surface area contributed by atoms with Crippen molar-refractivity contribution in [1.29, 1.82) is 0 Å². The Balaban J connectivity index is 1.58. The van der Waals surface area contributed by atoms with Gasteiger partial charge < -0.3 is 10.1 Å². The Hall–Kier alpha value is -2.47. The van der Waals surface area contributed by atoms with Crippen LogP contribution in [0.15, 0.2) is 42.7 Å². The maximum absolute atomic E-state index is 13.8. The van der Waals surface area contributed by atoms with Crippen LogP contribution in [0.3, 0.4) is 0 Å². The summed E-state index contributed by atoms with van der Waals surface area (Å²) in [6.45, 7) is 2.34. The van der Waals surface area contributed by atoms with Gasteiger partial charge in [-0.1, -0.05) is 6.07 Å². The smallest absolute Gasteiger partial charge is 0.253 e. The summed E-state index contributed by atoms with van der Waals surface area (Å²) < 4.78 is 18.8. The lowest BCUT2D eigenvalue weighted by Gasteiger charge is -2.33. The fourth-order valence-corrected chi connectivity index (χ4v) is 3.15. The van der Waals surface area contributed by atoms with Crippen molar-refractivity contribution in [3.05, 3.63) is 59.7 Å². The second-order valence-electron chi connectivity index (χ2n) is 6.26. The van der Waals surface area contributed by atoms with Crippen molar-refractivity contribution < 1.29 is 13.9 Å². The summed E-state index contributed by atoms with van der Waals surface area (Å²) in [6.07, 6.45) is 5.15. The highest BCUT2D eigenvalue weighted by Gasteiger charge is 2.22. The summed E-state index contributed by atoms with van der Waals surface area (Å²) in [4.78, 5) is 18.5. The van der Waals surface area contributed by atoms with E-state index >= 15 is 0 Å². The Morgan fingerprint density at radius 1 is 1.44 bits per heavy atom. The zero-order valence-electron chi connectivity index (χ0n) is 14.2.